The second-order valence-corrected chi connectivity index (χ2v) is 6.50. The maximum absolute atomic E-state index is 13.2. The Hall–Kier alpha value is -3.12. The standard InChI is InChI=1S/C20H15FN4S/c21-16-8-6-15(7-9-16)18-19(26-13-24-18)17-10-11-22-20(25-17)23-12-14-4-2-1-3-5-14/h1-11,13H,12H2,(H,22,23,25). The molecule has 2 aromatic heterocycles. The van der Waals surface area contributed by atoms with Crippen molar-refractivity contribution in [2.45, 2.75) is 6.54 Å². The fraction of sp³-hybridized carbons (Fsp3) is 0.0500. The van der Waals surface area contributed by atoms with Crippen molar-refractivity contribution in [3.63, 3.8) is 0 Å². The number of rotatable bonds is 5. The molecule has 26 heavy (non-hydrogen) atoms. The van der Waals surface area contributed by atoms with Gasteiger partial charge >= 0.3 is 0 Å². The van der Waals surface area contributed by atoms with Crippen LogP contribution >= 0.6 is 11.3 Å². The molecule has 2 heterocycles. The highest BCUT2D eigenvalue weighted by molar-refractivity contribution is 7.13. The van der Waals surface area contributed by atoms with E-state index in [4.69, 9.17) is 0 Å². The number of nitrogens with one attached hydrogen (secondary N) is 1. The summed E-state index contributed by atoms with van der Waals surface area (Å²) in [6.07, 6.45) is 1.73. The second-order valence-electron chi connectivity index (χ2n) is 5.64. The summed E-state index contributed by atoms with van der Waals surface area (Å²) in [7, 11) is 0. The number of thiazole rings is 1. The van der Waals surface area contributed by atoms with Crippen molar-refractivity contribution in [1.29, 1.82) is 0 Å². The number of anilines is 1. The molecule has 0 aliphatic heterocycles. The first-order valence-electron chi connectivity index (χ1n) is 8.10. The molecular formula is C20H15FN4S. The molecule has 0 radical (unpaired) electrons. The summed E-state index contributed by atoms with van der Waals surface area (Å²) in [6, 6.07) is 18.3. The summed E-state index contributed by atoms with van der Waals surface area (Å²) >= 11 is 1.50. The highest BCUT2D eigenvalue weighted by Crippen LogP contribution is 2.33. The molecule has 4 rings (SSSR count). The van der Waals surface area contributed by atoms with Crippen LogP contribution in [0.1, 0.15) is 5.56 Å². The van der Waals surface area contributed by atoms with E-state index in [-0.39, 0.29) is 5.82 Å². The van der Waals surface area contributed by atoms with E-state index in [0.717, 1.165) is 27.4 Å². The average Bonchev–Trinajstić information content (AvgIpc) is 3.18. The minimum Gasteiger partial charge on any atom is -0.350 e. The van der Waals surface area contributed by atoms with Gasteiger partial charge in [-0.1, -0.05) is 30.3 Å². The minimum atomic E-state index is -0.264. The van der Waals surface area contributed by atoms with E-state index in [1.54, 1.807) is 23.8 Å². The van der Waals surface area contributed by atoms with Crippen molar-refractivity contribution in [3.8, 4) is 21.8 Å². The number of hydrogen-bond acceptors (Lipinski definition) is 5. The molecule has 0 atom stereocenters. The lowest BCUT2D eigenvalue weighted by Crippen LogP contribution is -2.03. The van der Waals surface area contributed by atoms with Crippen molar-refractivity contribution in [2.75, 3.05) is 5.32 Å². The Kier molecular flexibility index (Phi) is 4.66. The molecule has 0 bridgehead atoms. The lowest BCUT2D eigenvalue weighted by molar-refractivity contribution is 0.628. The zero-order valence-electron chi connectivity index (χ0n) is 13.8. The van der Waals surface area contributed by atoms with E-state index in [0.29, 0.717) is 12.5 Å². The Bertz CT molecular complexity index is 1000. The zero-order valence-corrected chi connectivity index (χ0v) is 14.6. The van der Waals surface area contributed by atoms with Crippen molar-refractivity contribution >= 4 is 17.3 Å². The first kappa shape index (κ1) is 16.4. The van der Waals surface area contributed by atoms with Crippen LogP contribution in [0.4, 0.5) is 10.3 Å². The smallest absolute Gasteiger partial charge is 0.223 e. The highest BCUT2D eigenvalue weighted by Gasteiger charge is 2.13. The van der Waals surface area contributed by atoms with Gasteiger partial charge in [0.25, 0.3) is 0 Å². The van der Waals surface area contributed by atoms with E-state index in [1.165, 1.54) is 23.5 Å². The Labute approximate surface area is 154 Å². The molecule has 0 unspecified atom stereocenters. The van der Waals surface area contributed by atoms with E-state index < -0.39 is 0 Å². The summed E-state index contributed by atoms with van der Waals surface area (Å²) < 4.78 is 13.2. The molecule has 4 aromatic rings. The molecule has 0 saturated carbocycles. The van der Waals surface area contributed by atoms with E-state index in [9.17, 15) is 4.39 Å². The van der Waals surface area contributed by atoms with Gasteiger partial charge in [0.1, 0.15) is 5.82 Å². The SMILES string of the molecule is Fc1ccc(-c2ncsc2-c2ccnc(NCc3ccccc3)n2)cc1. The third kappa shape index (κ3) is 3.60. The lowest BCUT2D eigenvalue weighted by atomic mass is 10.1. The van der Waals surface area contributed by atoms with Gasteiger partial charge in [0, 0.05) is 18.3 Å². The van der Waals surface area contributed by atoms with Crippen LogP contribution in [0.3, 0.4) is 0 Å². The summed E-state index contributed by atoms with van der Waals surface area (Å²) in [4.78, 5) is 14.3. The summed E-state index contributed by atoms with van der Waals surface area (Å²) in [5, 5.41) is 3.24. The van der Waals surface area contributed by atoms with Crippen LogP contribution in [0.15, 0.2) is 72.4 Å². The molecule has 128 valence electrons. The Morgan fingerprint density at radius 1 is 0.923 bits per heavy atom. The van der Waals surface area contributed by atoms with E-state index >= 15 is 0 Å². The van der Waals surface area contributed by atoms with Crippen LogP contribution in [0, 0.1) is 5.82 Å². The molecule has 0 saturated heterocycles. The molecule has 0 aliphatic carbocycles. The normalized spacial score (nSPS) is 10.7. The largest absolute Gasteiger partial charge is 0.350 e. The number of aromatic nitrogens is 3. The lowest BCUT2D eigenvalue weighted by Gasteiger charge is -2.07. The van der Waals surface area contributed by atoms with Gasteiger partial charge in [-0.3, -0.25) is 0 Å². The zero-order chi connectivity index (χ0) is 17.8. The van der Waals surface area contributed by atoms with Crippen LogP contribution in [0.5, 0.6) is 0 Å². The quantitative estimate of drug-likeness (QED) is 0.542. The molecule has 0 spiro atoms. The van der Waals surface area contributed by atoms with Gasteiger partial charge in [0.15, 0.2) is 0 Å². The van der Waals surface area contributed by atoms with Crippen LogP contribution < -0.4 is 5.32 Å². The van der Waals surface area contributed by atoms with Crippen LogP contribution in [-0.2, 0) is 6.54 Å². The topological polar surface area (TPSA) is 50.7 Å². The molecule has 1 N–H and O–H groups in total. The molecule has 4 nitrogen and oxygen atoms in total. The predicted octanol–water partition coefficient (Wildman–Crippen LogP) is 5.02. The van der Waals surface area contributed by atoms with Gasteiger partial charge in [0.05, 0.1) is 21.8 Å². The molecular weight excluding hydrogens is 347 g/mol. The van der Waals surface area contributed by atoms with Crippen molar-refractivity contribution < 1.29 is 4.39 Å². The van der Waals surface area contributed by atoms with Crippen LogP contribution in [-0.4, -0.2) is 15.0 Å². The second kappa shape index (κ2) is 7.41. The fourth-order valence-electron chi connectivity index (χ4n) is 2.59. The first-order chi connectivity index (χ1) is 12.8. The van der Waals surface area contributed by atoms with Gasteiger partial charge in [0.2, 0.25) is 5.95 Å². The monoisotopic (exact) mass is 362 g/mol. The summed E-state index contributed by atoms with van der Waals surface area (Å²) in [6.45, 7) is 0.651. The number of hydrogen-bond donors (Lipinski definition) is 1. The summed E-state index contributed by atoms with van der Waals surface area (Å²) in [5.41, 5.74) is 5.37. The Balaban J connectivity index is 1.59. The van der Waals surface area contributed by atoms with Gasteiger partial charge in [-0.05, 0) is 35.9 Å². The van der Waals surface area contributed by atoms with Crippen LogP contribution in [0.25, 0.3) is 21.8 Å². The van der Waals surface area contributed by atoms with Gasteiger partial charge in [-0.25, -0.2) is 19.3 Å². The van der Waals surface area contributed by atoms with Gasteiger partial charge < -0.3 is 5.32 Å². The maximum Gasteiger partial charge on any atom is 0.223 e. The fourth-order valence-corrected chi connectivity index (χ4v) is 3.37. The van der Waals surface area contributed by atoms with Crippen molar-refractivity contribution in [1.82, 2.24) is 15.0 Å². The first-order valence-corrected chi connectivity index (χ1v) is 8.98. The molecule has 0 aliphatic rings. The third-order valence-corrected chi connectivity index (χ3v) is 4.72. The minimum absolute atomic E-state index is 0.264. The molecule has 6 heteroatoms. The highest BCUT2D eigenvalue weighted by atomic mass is 32.1. The van der Waals surface area contributed by atoms with E-state index in [2.05, 4.69) is 20.3 Å². The number of halogens is 1. The Morgan fingerprint density at radius 3 is 2.54 bits per heavy atom. The van der Waals surface area contributed by atoms with Gasteiger partial charge in [-0.15, -0.1) is 11.3 Å². The van der Waals surface area contributed by atoms with Crippen molar-refractivity contribution in [2.24, 2.45) is 0 Å². The van der Waals surface area contributed by atoms with E-state index in [1.807, 2.05) is 36.4 Å². The van der Waals surface area contributed by atoms with Crippen LogP contribution in [0.2, 0.25) is 0 Å². The van der Waals surface area contributed by atoms with Crippen molar-refractivity contribution in [3.05, 3.63) is 83.8 Å². The van der Waals surface area contributed by atoms with Gasteiger partial charge in [-0.2, -0.15) is 0 Å². The molecule has 0 fully saturated rings. The number of nitrogens with zero attached hydrogens (tertiary/aromatic N) is 3. The average molecular weight is 362 g/mol. The summed E-state index contributed by atoms with van der Waals surface area (Å²) in [5.74, 6) is 0.296. The number of benzene rings is 2. The molecule has 0 amide bonds. The maximum atomic E-state index is 13.2. The predicted molar refractivity (Wildman–Crippen MR) is 102 cm³/mol. The third-order valence-electron chi connectivity index (χ3n) is 3.87. The Morgan fingerprint density at radius 2 is 1.73 bits per heavy atom. The molecule has 2 aromatic carbocycles.